The Labute approximate surface area is 135 Å². The van der Waals surface area contributed by atoms with Crippen LogP contribution in [0.1, 0.15) is 35.8 Å². The molecule has 2 aliphatic heterocycles. The van der Waals surface area contributed by atoms with Crippen molar-refractivity contribution in [3.8, 4) is 0 Å². The highest BCUT2D eigenvalue weighted by Gasteiger charge is 2.43. The van der Waals surface area contributed by atoms with Crippen LogP contribution in [0.15, 0.2) is 53.7 Å². The third-order valence-corrected chi connectivity index (χ3v) is 5.40. The summed E-state index contributed by atoms with van der Waals surface area (Å²) in [5.41, 5.74) is 3.68. The minimum Gasteiger partial charge on any atom is -0.341 e. The molecule has 3 nitrogen and oxygen atoms in total. The number of aromatic nitrogens is 1. The van der Waals surface area contributed by atoms with Gasteiger partial charge in [0.05, 0.1) is 11.7 Å². The third-order valence-electron chi connectivity index (χ3n) is 4.30. The molecular formula is C18H19N3S. The summed E-state index contributed by atoms with van der Waals surface area (Å²) in [5.74, 6) is 0. The fourth-order valence-corrected chi connectivity index (χ4v) is 4.33. The summed E-state index contributed by atoms with van der Waals surface area (Å²) in [5, 5.41) is 1.78. The molecule has 0 radical (unpaired) electrons. The molecule has 4 rings (SSSR count). The lowest BCUT2D eigenvalue weighted by molar-refractivity contribution is 0.321. The van der Waals surface area contributed by atoms with Crippen LogP contribution in [-0.4, -0.2) is 26.8 Å². The lowest BCUT2D eigenvalue weighted by Gasteiger charge is -2.27. The van der Waals surface area contributed by atoms with Gasteiger partial charge in [-0.25, -0.2) is 0 Å². The predicted molar refractivity (Wildman–Crippen MR) is 92.1 cm³/mol. The molecule has 4 heteroatoms. The van der Waals surface area contributed by atoms with E-state index in [1.807, 2.05) is 30.1 Å². The zero-order chi connectivity index (χ0) is 15.1. The van der Waals surface area contributed by atoms with Crippen molar-refractivity contribution in [2.75, 3.05) is 6.54 Å². The highest BCUT2D eigenvalue weighted by Crippen LogP contribution is 2.47. The smallest absolute Gasteiger partial charge is 0.160 e. The quantitative estimate of drug-likeness (QED) is 0.840. The van der Waals surface area contributed by atoms with Crippen LogP contribution in [0.3, 0.4) is 0 Å². The molecule has 2 aliphatic rings. The first-order valence-corrected chi connectivity index (χ1v) is 8.59. The lowest BCUT2D eigenvalue weighted by Crippen LogP contribution is -2.28. The Morgan fingerprint density at radius 2 is 1.95 bits per heavy atom. The van der Waals surface area contributed by atoms with Gasteiger partial charge in [0.25, 0.3) is 0 Å². The minimum absolute atomic E-state index is 0.0962. The van der Waals surface area contributed by atoms with E-state index in [4.69, 9.17) is 4.99 Å². The molecule has 0 bridgehead atoms. The van der Waals surface area contributed by atoms with Crippen molar-refractivity contribution in [3.63, 3.8) is 0 Å². The highest BCUT2D eigenvalue weighted by molar-refractivity contribution is 8.14. The van der Waals surface area contributed by atoms with Gasteiger partial charge in [-0.1, -0.05) is 54.6 Å². The molecule has 1 fully saturated rings. The van der Waals surface area contributed by atoms with E-state index in [0.29, 0.717) is 5.25 Å². The molecule has 1 saturated heterocycles. The number of aliphatic imine (C=N–C) groups is 1. The second-order valence-corrected chi connectivity index (χ2v) is 7.45. The molecule has 0 N–H and O–H groups in total. The van der Waals surface area contributed by atoms with Gasteiger partial charge in [-0.15, -0.1) is 0 Å². The zero-order valence-corrected chi connectivity index (χ0v) is 13.6. The first kappa shape index (κ1) is 13.8. The van der Waals surface area contributed by atoms with E-state index in [1.165, 1.54) is 16.3 Å². The van der Waals surface area contributed by atoms with E-state index in [0.717, 1.165) is 12.2 Å². The normalized spacial score (nSPS) is 26.9. The first-order valence-electron chi connectivity index (χ1n) is 7.71. The summed E-state index contributed by atoms with van der Waals surface area (Å²) in [7, 11) is 0. The lowest BCUT2D eigenvalue weighted by atomic mass is 9.96. The van der Waals surface area contributed by atoms with Crippen molar-refractivity contribution < 1.29 is 0 Å². The Balaban J connectivity index is 1.76. The van der Waals surface area contributed by atoms with Crippen molar-refractivity contribution in [3.05, 3.63) is 65.5 Å². The van der Waals surface area contributed by atoms with Gasteiger partial charge >= 0.3 is 0 Å². The summed E-state index contributed by atoms with van der Waals surface area (Å²) in [6, 6.07) is 15.3. The van der Waals surface area contributed by atoms with Gasteiger partial charge in [0.1, 0.15) is 6.04 Å². The van der Waals surface area contributed by atoms with Crippen LogP contribution in [-0.2, 0) is 0 Å². The van der Waals surface area contributed by atoms with Crippen molar-refractivity contribution in [1.29, 1.82) is 0 Å². The Hall–Kier alpha value is -1.81. The third kappa shape index (κ3) is 2.31. The van der Waals surface area contributed by atoms with E-state index in [1.54, 1.807) is 0 Å². The molecule has 0 saturated carbocycles. The molecule has 3 heterocycles. The van der Waals surface area contributed by atoms with Gasteiger partial charge in [0.15, 0.2) is 5.17 Å². The molecule has 22 heavy (non-hydrogen) atoms. The van der Waals surface area contributed by atoms with E-state index in [2.05, 4.69) is 54.1 Å². The van der Waals surface area contributed by atoms with Crippen LogP contribution in [0.25, 0.3) is 0 Å². The van der Waals surface area contributed by atoms with E-state index >= 15 is 0 Å². The second-order valence-electron chi connectivity index (χ2n) is 6.05. The van der Waals surface area contributed by atoms with Crippen molar-refractivity contribution in [2.45, 2.75) is 31.2 Å². The molecule has 1 aromatic heterocycles. The molecule has 1 aromatic carbocycles. The van der Waals surface area contributed by atoms with E-state index in [9.17, 15) is 0 Å². The van der Waals surface area contributed by atoms with Crippen LogP contribution >= 0.6 is 11.8 Å². The Morgan fingerprint density at radius 3 is 2.68 bits per heavy atom. The first-order chi connectivity index (χ1) is 10.7. The van der Waals surface area contributed by atoms with Gasteiger partial charge in [0, 0.05) is 18.0 Å². The molecule has 112 valence electrons. The van der Waals surface area contributed by atoms with E-state index < -0.39 is 0 Å². The van der Waals surface area contributed by atoms with Gasteiger partial charge in [-0.3, -0.25) is 9.98 Å². The summed E-state index contributed by atoms with van der Waals surface area (Å²) in [6.45, 7) is 5.46. The summed E-state index contributed by atoms with van der Waals surface area (Å²) in [6.07, 6.45) is 1.86. The molecule has 3 atom stereocenters. The van der Waals surface area contributed by atoms with Crippen LogP contribution in [0, 0.1) is 6.92 Å². The fraction of sp³-hybridized carbons (Fsp3) is 0.333. The number of pyridine rings is 1. The molecule has 0 amide bonds. The number of hydrogen-bond acceptors (Lipinski definition) is 4. The second kappa shape index (κ2) is 5.43. The Bertz CT molecular complexity index is 696. The average Bonchev–Trinajstić information content (AvgIpc) is 3.05. The van der Waals surface area contributed by atoms with Gasteiger partial charge < -0.3 is 4.90 Å². The van der Waals surface area contributed by atoms with Crippen molar-refractivity contribution >= 4 is 16.9 Å². The topological polar surface area (TPSA) is 28.5 Å². The SMILES string of the molecule is Cc1ccc([C@@H]2[C@@H](c3ccccn3)N=C3S[C@H](C)CN32)cc1. The summed E-state index contributed by atoms with van der Waals surface area (Å²) < 4.78 is 0. The summed E-state index contributed by atoms with van der Waals surface area (Å²) in [4.78, 5) is 12.0. The van der Waals surface area contributed by atoms with Gasteiger partial charge in [-0.05, 0) is 24.6 Å². The van der Waals surface area contributed by atoms with Crippen LogP contribution in [0.5, 0.6) is 0 Å². The number of amidine groups is 1. The molecular weight excluding hydrogens is 290 g/mol. The predicted octanol–water partition coefficient (Wildman–Crippen LogP) is 3.98. The van der Waals surface area contributed by atoms with Crippen LogP contribution in [0.4, 0.5) is 0 Å². The summed E-state index contributed by atoms with van der Waals surface area (Å²) >= 11 is 1.88. The maximum atomic E-state index is 4.99. The molecule has 0 aliphatic carbocycles. The monoisotopic (exact) mass is 309 g/mol. The Morgan fingerprint density at radius 1 is 1.14 bits per heavy atom. The fourth-order valence-electron chi connectivity index (χ4n) is 3.24. The highest BCUT2D eigenvalue weighted by atomic mass is 32.2. The van der Waals surface area contributed by atoms with Crippen molar-refractivity contribution in [2.24, 2.45) is 4.99 Å². The average molecular weight is 309 g/mol. The molecule has 2 aromatic rings. The Kier molecular flexibility index (Phi) is 3.41. The van der Waals surface area contributed by atoms with Gasteiger partial charge in [0.2, 0.25) is 0 Å². The van der Waals surface area contributed by atoms with Crippen LogP contribution in [0.2, 0.25) is 0 Å². The number of aryl methyl sites for hydroxylation is 1. The maximum absolute atomic E-state index is 4.99. The zero-order valence-electron chi connectivity index (χ0n) is 12.8. The number of fused-ring (bicyclic) bond motifs is 1. The van der Waals surface area contributed by atoms with E-state index in [-0.39, 0.29) is 12.1 Å². The number of thioether (sulfide) groups is 1. The molecule has 0 spiro atoms. The largest absolute Gasteiger partial charge is 0.341 e. The minimum atomic E-state index is 0.0962. The standard InChI is InChI=1S/C18H19N3S/c1-12-6-8-14(9-7-12)17-16(15-5-3-4-10-19-15)20-18-21(17)11-13(2)22-18/h3-10,13,16-17H,11H2,1-2H3/t13-,16-,17-/m1/s1. The number of nitrogens with zero attached hydrogens (tertiary/aromatic N) is 3. The number of benzene rings is 1. The van der Waals surface area contributed by atoms with Crippen LogP contribution < -0.4 is 0 Å². The maximum Gasteiger partial charge on any atom is 0.160 e. The number of hydrogen-bond donors (Lipinski definition) is 0. The molecule has 0 unspecified atom stereocenters. The number of rotatable bonds is 2. The van der Waals surface area contributed by atoms with Gasteiger partial charge in [-0.2, -0.15) is 0 Å². The van der Waals surface area contributed by atoms with Crippen molar-refractivity contribution in [1.82, 2.24) is 9.88 Å².